The van der Waals surface area contributed by atoms with E-state index >= 15 is 0 Å². The molecule has 0 aliphatic heterocycles. The molecule has 1 aromatic rings. The summed E-state index contributed by atoms with van der Waals surface area (Å²) < 4.78 is 25.1. The molecule has 16 heavy (non-hydrogen) atoms. The van der Waals surface area contributed by atoms with Crippen LogP contribution in [0.4, 0.5) is 8.78 Å². The molecular formula is C10H10F2O4. The highest BCUT2D eigenvalue weighted by Gasteiger charge is 2.25. The molecule has 0 heterocycles. The summed E-state index contributed by atoms with van der Waals surface area (Å²) in [6.45, 7) is 0. The van der Waals surface area contributed by atoms with E-state index in [0.717, 1.165) is 18.2 Å². The molecule has 0 aromatic heterocycles. The van der Waals surface area contributed by atoms with Crippen molar-refractivity contribution in [2.24, 2.45) is 0 Å². The van der Waals surface area contributed by atoms with Crippen molar-refractivity contribution in [3.05, 3.63) is 23.8 Å². The molecule has 3 N–H and O–H groups in total. The van der Waals surface area contributed by atoms with Gasteiger partial charge in [-0.1, -0.05) is 6.07 Å². The van der Waals surface area contributed by atoms with E-state index in [-0.39, 0.29) is 5.56 Å². The van der Waals surface area contributed by atoms with Crippen LogP contribution < -0.4 is 0 Å². The van der Waals surface area contributed by atoms with Gasteiger partial charge in [-0.25, -0.2) is 8.78 Å². The van der Waals surface area contributed by atoms with Gasteiger partial charge in [-0.15, -0.1) is 0 Å². The highest BCUT2D eigenvalue weighted by molar-refractivity contribution is 5.68. The summed E-state index contributed by atoms with van der Waals surface area (Å²) in [6, 6.07) is 3.14. The zero-order chi connectivity index (χ0) is 12.3. The summed E-state index contributed by atoms with van der Waals surface area (Å²) in [5.41, 5.74) is -0.0206. The molecule has 0 saturated heterocycles. The van der Waals surface area contributed by atoms with Gasteiger partial charge in [-0.2, -0.15) is 0 Å². The van der Waals surface area contributed by atoms with Crippen LogP contribution in [-0.4, -0.2) is 27.7 Å². The monoisotopic (exact) mass is 232 g/mol. The second-order valence-corrected chi connectivity index (χ2v) is 3.29. The van der Waals surface area contributed by atoms with Crippen LogP contribution in [-0.2, 0) is 4.79 Å². The zero-order valence-electron chi connectivity index (χ0n) is 8.10. The number of benzene rings is 1. The van der Waals surface area contributed by atoms with Crippen LogP contribution >= 0.6 is 0 Å². The van der Waals surface area contributed by atoms with Crippen LogP contribution in [0, 0.1) is 0 Å². The highest BCUT2D eigenvalue weighted by atomic mass is 19.3. The van der Waals surface area contributed by atoms with Crippen molar-refractivity contribution in [1.29, 1.82) is 0 Å². The summed E-state index contributed by atoms with van der Waals surface area (Å²) in [5.74, 6) is -3.83. The predicted molar refractivity (Wildman–Crippen MR) is 50.8 cm³/mol. The second-order valence-electron chi connectivity index (χ2n) is 3.29. The predicted octanol–water partition coefficient (Wildman–Crippen LogP) is 1.92. The number of phenols is 2. The van der Waals surface area contributed by atoms with Gasteiger partial charge in [0.1, 0.15) is 0 Å². The maximum Gasteiger partial charge on any atom is 0.304 e. The van der Waals surface area contributed by atoms with Gasteiger partial charge in [0.2, 0.25) is 6.43 Å². The first-order chi connectivity index (χ1) is 7.41. The lowest BCUT2D eigenvalue weighted by atomic mass is 9.96. The van der Waals surface area contributed by atoms with E-state index in [2.05, 4.69) is 0 Å². The molecule has 6 heteroatoms. The van der Waals surface area contributed by atoms with Crippen LogP contribution in [0.25, 0.3) is 0 Å². The second kappa shape index (κ2) is 4.78. The van der Waals surface area contributed by atoms with Crippen molar-refractivity contribution in [1.82, 2.24) is 0 Å². The summed E-state index contributed by atoms with van der Waals surface area (Å²) >= 11 is 0. The van der Waals surface area contributed by atoms with E-state index in [1.165, 1.54) is 0 Å². The van der Waals surface area contributed by atoms with Gasteiger partial charge in [0.15, 0.2) is 11.5 Å². The number of carboxylic acids is 1. The fourth-order valence-electron chi connectivity index (χ4n) is 1.31. The Balaban J connectivity index is 3.01. The van der Waals surface area contributed by atoms with Crippen LogP contribution in [0.3, 0.4) is 0 Å². The van der Waals surface area contributed by atoms with Crippen LogP contribution in [0.5, 0.6) is 11.5 Å². The molecule has 0 aliphatic carbocycles. The minimum Gasteiger partial charge on any atom is -0.504 e. The number of hydrogen-bond acceptors (Lipinski definition) is 3. The molecule has 0 bridgehead atoms. The summed E-state index contributed by atoms with van der Waals surface area (Å²) in [6.07, 6.45) is -3.58. The molecule has 0 amide bonds. The van der Waals surface area contributed by atoms with Crippen molar-refractivity contribution in [2.75, 3.05) is 0 Å². The molecule has 0 fully saturated rings. The number of halogens is 2. The van der Waals surface area contributed by atoms with Gasteiger partial charge in [0.05, 0.1) is 12.3 Å². The number of rotatable bonds is 4. The standard InChI is InChI=1S/C10H10F2O4/c11-10(12)6(4-9(15)16)5-1-2-7(13)8(14)3-5/h1-3,6,10,13-14H,4H2,(H,15,16). The van der Waals surface area contributed by atoms with Gasteiger partial charge in [0.25, 0.3) is 0 Å². The molecule has 0 radical (unpaired) electrons. The Morgan fingerprint density at radius 3 is 2.31 bits per heavy atom. The van der Waals surface area contributed by atoms with E-state index in [4.69, 9.17) is 15.3 Å². The van der Waals surface area contributed by atoms with Crippen LogP contribution in [0.1, 0.15) is 17.9 Å². The lowest BCUT2D eigenvalue weighted by Crippen LogP contribution is -2.14. The lowest BCUT2D eigenvalue weighted by Gasteiger charge is -2.14. The van der Waals surface area contributed by atoms with Gasteiger partial charge in [-0.3, -0.25) is 4.79 Å². The van der Waals surface area contributed by atoms with Gasteiger partial charge < -0.3 is 15.3 Å². The Labute approximate surface area is 89.8 Å². The Morgan fingerprint density at radius 2 is 1.88 bits per heavy atom. The minimum atomic E-state index is -2.85. The molecule has 88 valence electrons. The number of carbonyl (C=O) groups is 1. The minimum absolute atomic E-state index is 0.0206. The van der Waals surface area contributed by atoms with E-state index < -0.39 is 36.2 Å². The normalized spacial score (nSPS) is 12.7. The molecule has 0 aliphatic rings. The molecule has 1 atom stereocenters. The number of phenolic OH excluding ortho intramolecular Hbond substituents is 2. The van der Waals surface area contributed by atoms with E-state index in [9.17, 15) is 13.6 Å². The quantitative estimate of drug-likeness (QED) is 0.693. The first-order valence-corrected chi connectivity index (χ1v) is 4.43. The molecule has 1 rings (SSSR count). The largest absolute Gasteiger partial charge is 0.504 e. The van der Waals surface area contributed by atoms with Crippen molar-refractivity contribution >= 4 is 5.97 Å². The molecule has 0 spiro atoms. The van der Waals surface area contributed by atoms with Crippen molar-refractivity contribution in [3.8, 4) is 11.5 Å². The number of aliphatic carboxylic acids is 1. The molecule has 0 saturated carbocycles. The van der Waals surface area contributed by atoms with Crippen molar-refractivity contribution in [3.63, 3.8) is 0 Å². The molecule has 4 nitrogen and oxygen atoms in total. The third-order valence-electron chi connectivity index (χ3n) is 2.13. The number of alkyl halides is 2. The van der Waals surface area contributed by atoms with Gasteiger partial charge in [-0.05, 0) is 17.7 Å². The Kier molecular flexibility index (Phi) is 3.65. The summed E-state index contributed by atoms with van der Waals surface area (Å²) in [5, 5.41) is 26.6. The number of aromatic hydroxyl groups is 2. The van der Waals surface area contributed by atoms with Gasteiger partial charge in [0, 0.05) is 0 Å². The number of hydrogen-bond donors (Lipinski definition) is 3. The van der Waals surface area contributed by atoms with E-state index in [1.807, 2.05) is 0 Å². The molecule has 1 aromatic carbocycles. The third-order valence-corrected chi connectivity index (χ3v) is 2.13. The fraction of sp³-hybridized carbons (Fsp3) is 0.300. The van der Waals surface area contributed by atoms with E-state index in [0.29, 0.717) is 0 Å². The first-order valence-electron chi connectivity index (χ1n) is 4.43. The van der Waals surface area contributed by atoms with Crippen molar-refractivity contribution in [2.45, 2.75) is 18.8 Å². The maximum atomic E-state index is 12.6. The molecule has 1 unspecified atom stereocenters. The average molecular weight is 232 g/mol. The Hall–Kier alpha value is -1.85. The molecular weight excluding hydrogens is 222 g/mol. The Bertz CT molecular complexity index is 392. The fourth-order valence-corrected chi connectivity index (χ4v) is 1.31. The van der Waals surface area contributed by atoms with Crippen LogP contribution in [0.15, 0.2) is 18.2 Å². The topological polar surface area (TPSA) is 77.8 Å². The van der Waals surface area contributed by atoms with E-state index in [1.54, 1.807) is 0 Å². The number of carboxylic acid groups (broad SMARTS) is 1. The average Bonchev–Trinajstić information content (AvgIpc) is 2.18. The third kappa shape index (κ3) is 2.82. The SMILES string of the molecule is O=C(O)CC(c1ccc(O)c(O)c1)C(F)F. The van der Waals surface area contributed by atoms with Gasteiger partial charge >= 0.3 is 5.97 Å². The zero-order valence-corrected chi connectivity index (χ0v) is 8.10. The lowest BCUT2D eigenvalue weighted by molar-refractivity contribution is -0.138. The van der Waals surface area contributed by atoms with Crippen LogP contribution in [0.2, 0.25) is 0 Å². The highest BCUT2D eigenvalue weighted by Crippen LogP contribution is 2.33. The maximum absolute atomic E-state index is 12.6. The van der Waals surface area contributed by atoms with Crippen molar-refractivity contribution < 1.29 is 28.9 Å². The Morgan fingerprint density at radius 1 is 1.25 bits per heavy atom. The smallest absolute Gasteiger partial charge is 0.304 e. The summed E-state index contributed by atoms with van der Waals surface area (Å²) in [7, 11) is 0. The first kappa shape index (κ1) is 12.2. The summed E-state index contributed by atoms with van der Waals surface area (Å²) in [4.78, 5) is 10.4.